The van der Waals surface area contributed by atoms with Gasteiger partial charge in [0.15, 0.2) is 5.60 Å². The van der Waals surface area contributed by atoms with Crippen LogP contribution in [0.25, 0.3) is 0 Å². The van der Waals surface area contributed by atoms with Crippen molar-refractivity contribution in [2.24, 2.45) is 5.92 Å². The zero-order valence-corrected chi connectivity index (χ0v) is 26.1. The molecule has 1 N–H and O–H groups in total. The van der Waals surface area contributed by atoms with E-state index in [2.05, 4.69) is 6.58 Å². The molecule has 2 aromatic carbocycles. The van der Waals surface area contributed by atoms with Gasteiger partial charge >= 0.3 is 0 Å². The summed E-state index contributed by atoms with van der Waals surface area (Å²) in [4.78, 5) is 46.3. The van der Waals surface area contributed by atoms with Gasteiger partial charge in [-0.2, -0.15) is 0 Å². The van der Waals surface area contributed by atoms with E-state index in [1.807, 2.05) is 49.4 Å². The molecule has 0 unspecified atom stereocenters. The summed E-state index contributed by atoms with van der Waals surface area (Å²) in [7, 11) is -3.47. The Morgan fingerprint density at radius 2 is 1.95 bits per heavy atom. The summed E-state index contributed by atoms with van der Waals surface area (Å²) in [6, 6.07) is 13.1. The number of nitrogens with zero attached hydrogens (tertiary/aromatic N) is 3. The molecule has 4 aliphatic heterocycles. The van der Waals surface area contributed by atoms with Gasteiger partial charge in [-0.3, -0.25) is 19.3 Å². The summed E-state index contributed by atoms with van der Waals surface area (Å²) < 4.78 is 23.0. The number of aliphatic hydroxyl groups is 1. The topological polar surface area (TPSA) is 90.4 Å². The monoisotopic (exact) mass is 605 g/mol. The molecule has 5 atom stereocenters. The standard InChI is InChI=1S/C33H40FN3O5Si/c1-5-16-36-27-14-13-23(37-26-11-7-6-9-22(26)12-15-29(37)39)18-25(27)33(32(36)41)21(2)31(43(3,4)34)28(42-33)19-30(40)35-17-8-10-24(35)20-38/h5-7,9,11,13-14,18,21,24,28,31,38H,1,8,10,12,15-17,19-20H2,2-4H3/t21-,24+,28+,31-,33+/m1/s1. The minimum atomic E-state index is -3.47. The first-order valence-corrected chi connectivity index (χ1v) is 18.2. The van der Waals surface area contributed by atoms with Crippen LogP contribution in [0.3, 0.4) is 0 Å². The van der Waals surface area contributed by atoms with Crippen LogP contribution in [-0.2, 0) is 31.1 Å². The van der Waals surface area contributed by atoms with Crippen LogP contribution in [0.4, 0.5) is 21.2 Å². The molecular weight excluding hydrogens is 565 g/mol. The Balaban J connectivity index is 1.45. The Kier molecular flexibility index (Phi) is 7.59. The second-order valence-electron chi connectivity index (χ2n) is 12.8. The Hall–Kier alpha value is -3.34. The first-order valence-electron chi connectivity index (χ1n) is 15.3. The lowest BCUT2D eigenvalue weighted by molar-refractivity contribution is -0.149. The number of aryl methyl sites for hydroxylation is 1. The number of para-hydroxylation sites is 1. The molecule has 6 rings (SSSR count). The highest BCUT2D eigenvalue weighted by Crippen LogP contribution is 2.60. The van der Waals surface area contributed by atoms with Crippen molar-refractivity contribution >= 4 is 43.2 Å². The molecule has 0 radical (unpaired) electrons. The molecule has 0 saturated carbocycles. The van der Waals surface area contributed by atoms with Gasteiger partial charge in [0, 0.05) is 42.2 Å². The number of ether oxygens (including phenoxy) is 1. The highest BCUT2D eigenvalue weighted by Gasteiger charge is 2.67. The number of aliphatic hydroxyl groups excluding tert-OH is 1. The minimum Gasteiger partial charge on any atom is -0.394 e. The van der Waals surface area contributed by atoms with Crippen molar-refractivity contribution in [1.82, 2.24) is 4.90 Å². The normalized spacial score (nSPS) is 28.5. The molecular formula is C33H40FN3O5Si. The van der Waals surface area contributed by atoms with Gasteiger partial charge in [0.1, 0.15) is 0 Å². The predicted molar refractivity (Wildman–Crippen MR) is 165 cm³/mol. The number of hydrogen-bond acceptors (Lipinski definition) is 5. The van der Waals surface area contributed by atoms with Crippen molar-refractivity contribution in [3.63, 3.8) is 0 Å². The SMILES string of the molecule is C=CCN1C(=O)[C@@]2(O[C@@H](CC(=O)N3CCC[C@H]3CO)[C@H]([Si](C)(C)F)[C@H]2C)c2cc(N3C(=O)CCc4ccccc43)ccc21. The number of hydrogen-bond donors (Lipinski definition) is 1. The Labute approximate surface area is 253 Å². The third-order valence-electron chi connectivity index (χ3n) is 9.89. The number of anilines is 3. The Morgan fingerprint density at radius 3 is 2.67 bits per heavy atom. The summed E-state index contributed by atoms with van der Waals surface area (Å²) in [6.07, 6.45) is 3.34. The second kappa shape index (κ2) is 11.0. The maximum Gasteiger partial charge on any atom is 0.264 e. The Bertz CT molecular complexity index is 1480. The van der Waals surface area contributed by atoms with Crippen LogP contribution in [0.5, 0.6) is 0 Å². The lowest BCUT2D eigenvalue weighted by Crippen LogP contribution is -2.45. The Morgan fingerprint density at radius 1 is 1.19 bits per heavy atom. The van der Waals surface area contributed by atoms with Crippen LogP contribution >= 0.6 is 0 Å². The number of amides is 3. The largest absolute Gasteiger partial charge is 0.394 e. The average Bonchev–Trinajstić information content (AvgIpc) is 3.63. The summed E-state index contributed by atoms with van der Waals surface area (Å²) in [6.45, 7) is 9.61. The lowest BCUT2D eigenvalue weighted by Gasteiger charge is -2.32. The zero-order chi connectivity index (χ0) is 30.7. The molecule has 1 spiro atoms. The summed E-state index contributed by atoms with van der Waals surface area (Å²) in [5, 5.41) is 9.81. The molecule has 4 heterocycles. The van der Waals surface area contributed by atoms with Crippen LogP contribution in [-0.4, -0.2) is 68.0 Å². The molecule has 10 heteroatoms. The van der Waals surface area contributed by atoms with Crippen molar-refractivity contribution in [3.05, 3.63) is 66.2 Å². The van der Waals surface area contributed by atoms with E-state index in [1.54, 1.807) is 33.9 Å². The fourth-order valence-electron chi connectivity index (χ4n) is 8.04. The van der Waals surface area contributed by atoms with Crippen molar-refractivity contribution in [2.45, 2.75) is 75.4 Å². The fourth-order valence-corrected chi connectivity index (χ4v) is 10.5. The van der Waals surface area contributed by atoms with Crippen LogP contribution < -0.4 is 9.80 Å². The zero-order valence-electron chi connectivity index (χ0n) is 25.1. The van der Waals surface area contributed by atoms with E-state index >= 15 is 4.11 Å². The highest BCUT2D eigenvalue weighted by molar-refractivity contribution is 6.72. The molecule has 0 bridgehead atoms. The quantitative estimate of drug-likeness (QED) is 0.273. The lowest BCUT2D eigenvalue weighted by atomic mass is 9.82. The molecule has 2 fully saturated rings. The van der Waals surface area contributed by atoms with E-state index in [-0.39, 0.29) is 43.3 Å². The minimum absolute atomic E-state index is 0.0388. The van der Waals surface area contributed by atoms with Crippen LogP contribution in [0.15, 0.2) is 55.1 Å². The summed E-state index contributed by atoms with van der Waals surface area (Å²) in [5.74, 6) is -1.09. The molecule has 3 amide bonds. The molecule has 4 aliphatic rings. The van der Waals surface area contributed by atoms with Gasteiger partial charge in [0.2, 0.25) is 20.2 Å². The van der Waals surface area contributed by atoms with Gasteiger partial charge in [0.05, 0.1) is 36.5 Å². The molecule has 2 saturated heterocycles. The molecule has 8 nitrogen and oxygen atoms in total. The number of carbonyl (C=O) groups excluding carboxylic acids is 3. The molecule has 0 aromatic heterocycles. The van der Waals surface area contributed by atoms with E-state index in [0.717, 1.165) is 24.1 Å². The average molecular weight is 606 g/mol. The van der Waals surface area contributed by atoms with Crippen molar-refractivity contribution in [1.29, 1.82) is 0 Å². The van der Waals surface area contributed by atoms with Crippen molar-refractivity contribution < 1.29 is 28.3 Å². The summed E-state index contributed by atoms with van der Waals surface area (Å²) >= 11 is 0. The van der Waals surface area contributed by atoms with Crippen molar-refractivity contribution in [2.75, 3.05) is 29.5 Å². The number of fused-ring (bicyclic) bond motifs is 3. The van der Waals surface area contributed by atoms with E-state index < -0.39 is 31.6 Å². The predicted octanol–water partition coefficient (Wildman–Crippen LogP) is 4.98. The maximum absolute atomic E-state index is 16.2. The van der Waals surface area contributed by atoms with E-state index in [0.29, 0.717) is 36.3 Å². The van der Waals surface area contributed by atoms with Gasteiger partial charge in [-0.15, -0.1) is 6.58 Å². The maximum atomic E-state index is 16.2. The van der Waals surface area contributed by atoms with Gasteiger partial charge in [-0.05, 0) is 62.2 Å². The molecule has 43 heavy (non-hydrogen) atoms. The third-order valence-corrected chi connectivity index (χ3v) is 12.3. The van der Waals surface area contributed by atoms with E-state index in [1.165, 1.54) is 0 Å². The number of benzene rings is 2. The number of halogens is 1. The van der Waals surface area contributed by atoms with Gasteiger partial charge in [0.25, 0.3) is 5.91 Å². The van der Waals surface area contributed by atoms with Crippen LogP contribution in [0.1, 0.15) is 43.7 Å². The van der Waals surface area contributed by atoms with Gasteiger partial charge in [-0.25, -0.2) is 0 Å². The second-order valence-corrected chi connectivity index (χ2v) is 16.6. The van der Waals surface area contributed by atoms with Gasteiger partial charge < -0.3 is 23.8 Å². The number of rotatable bonds is 7. The van der Waals surface area contributed by atoms with Crippen LogP contribution in [0.2, 0.25) is 18.6 Å². The first-order chi connectivity index (χ1) is 20.5. The molecule has 228 valence electrons. The first kappa shape index (κ1) is 29.7. The molecule has 2 aromatic rings. The third kappa shape index (κ3) is 4.65. The fraction of sp³-hybridized carbons (Fsp3) is 0.485. The van der Waals surface area contributed by atoms with E-state index in [9.17, 15) is 19.5 Å². The smallest absolute Gasteiger partial charge is 0.264 e. The highest BCUT2D eigenvalue weighted by atomic mass is 28.4. The van der Waals surface area contributed by atoms with Gasteiger partial charge in [-0.1, -0.05) is 31.2 Å². The van der Waals surface area contributed by atoms with E-state index in [4.69, 9.17) is 4.74 Å². The van der Waals surface area contributed by atoms with Crippen LogP contribution in [0, 0.1) is 5.92 Å². The van der Waals surface area contributed by atoms with Crippen molar-refractivity contribution in [3.8, 4) is 0 Å². The number of likely N-dealkylation sites (tertiary alicyclic amines) is 1. The molecule has 0 aliphatic carbocycles. The number of carbonyl (C=O) groups is 3. The summed E-state index contributed by atoms with van der Waals surface area (Å²) in [5.41, 5.74) is 1.58.